The van der Waals surface area contributed by atoms with Gasteiger partial charge in [0.15, 0.2) is 0 Å². The zero-order valence-corrected chi connectivity index (χ0v) is 14.4. The number of rotatable bonds is 4. The van der Waals surface area contributed by atoms with Gasteiger partial charge < -0.3 is 5.32 Å². The molecule has 27 heavy (non-hydrogen) atoms. The Kier molecular flexibility index (Phi) is 4.58. The molecule has 1 heterocycles. The van der Waals surface area contributed by atoms with E-state index in [1.807, 2.05) is 42.5 Å². The van der Waals surface area contributed by atoms with Gasteiger partial charge in [0.1, 0.15) is 12.1 Å². The number of fused-ring (bicyclic) bond motifs is 1. The first-order valence-electron chi connectivity index (χ1n) is 8.53. The fourth-order valence-corrected chi connectivity index (χ4v) is 2.88. The SMILES string of the molecule is O=C(NCc1cc(-c2ccc(F)cc2)ncn1)c1ccc2ccccc2c1. The van der Waals surface area contributed by atoms with Gasteiger partial charge in [-0.1, -0.05) is 30.3 Å². The molecule has 0 atom stereocenters. The van der Waals surface area contributed by atoms with E-state index in [2.05, 4.69) is 15.3 Å². The highest BCUT2D eigenvalue weighted by molar-refractivity contribution is 5.98. The zero-order valence-electron chi connectivity index (χ0n) is 14.4. The first-order valence-corrected chi connectivity index (χ1v) is 8.53. The first-order chi connectivity index (χ1) is 13.2. The number of halogens is 1. The van der Waals surface area contributed by atoms with Crippen LogP contribution in [-0.2, 0) is 6.54 Å². The maximum Gasteiger partial charge on any atom is 0.251 e. The van der Waals surface area contributed by atoms with Crippen molar-refractivity contribution in [1.29, 1.82) is 0 Å². The maximum absolute atomic E-state index is 13.1. The molecule has 1 amide bonds. The molecule has 1 N–H and O–H groups in total. The molecule has 0 bridgehead atoms. The van der Waals surface area contributed by atoms with Gasteiger partial charge in [-0.3, -0.25) is 4.79 Å². The van der Waals surface area contributed by atoms with Crippen LogP contribution in [-0.4, -0.2) is 15.9 Å². The smallest absolute Gasteiger partial charge is 0.251 e. The van der Waals surface area contributed by atoms with Gasteiger partial charge in [-0.25, -0.2) is 14.4 Å². The molecule has 0 fully saturated rings. The molecular formula is C22H16FN3O. The molecule has 1 aromatic heterocycles. The second kappa shape index (κ2) is 7.33. The van der Waals surface area contributed by atoms with Crippen molar-refractivity contribution in [2.45, 2.75) is 6.54 Å². The summed E-state index contributed by atoms with van der Waals surface area (Å²) in [4.78, 5) is 20.9. The summed E-state index contributed by atoms with van der Waals surface area (Å²) in [6, 6.07) is 21.4. The fourth-order valence-electron chi connectivity index (χ4n) is 2.88. The van der Waals surface area contributed by atoms with Gasteiger partial charge in [0.25, 0.3) is 5.91 Å². The summed E-state index contributed by atoms with van der Waals surface area (Å²) in [5.74, 6) is -0.460. The molecule has 0 spiro atoms. The van der Waals surface area contributed by atoms with Crippen LogP contribution in [0.25, 0.3) is 22.0 Å². The number of aromatic nitrogens is 2. The number of carbonyl (C=O) groups is 1. The highest BCUT2D eigenvalue weighted by Gasteiger charge is 2.08. The minimum absolute atomic E-state index is 0.164. The fraction of sp³-hybridized carbons (Fsp3) is 0.0455. The van der Waals surface area contributed by atoms with Crippen molar-refractivity contribution in [3.63, 3.8) is 0 Å². The van der Waals surface area contributed by atoms with E-state index in [9.17, 15) is 9.18 Å². The van der Waals surface area contributed by atoms with E-state index in [0.717, 1.165) is 16.3 Å². The number of benzene rings is 3. The summed E-state index contributed by atoms with van der Waals surface area (Å²) >= 11 is 0. The third-order valence-corrected chi connectivity index (χ3v) is 4.31. The summed E-state index contributed by atoms with van der Waals surface area (Å²) in [7, 11) is 0. The molecular weight excluding hydrogens is 341 g/mol. The molecule has 3 aromatic carbocycles. The Labute approximate surface area is 155 Å². The number of carbonyl (C=O) groups excluding carboxylic acids is 1. The van der Waals surface area contributed by atoms with Gasteiger partial charge >= 0.3 is 0 Å². The molecule has 4 aromatic rings. The molecule has 5 heteroatoms. The Morgan fingerprint density at radius 2 is 1.67 bits per heavy atom. The Morgan fingerprint density at radius 1 is 0.889 bits per heavy atom. The number of hydrogen-bond acceptors (Lipinski definition) is 3. The van der Waals surface area contributed by atoms with Crippen LogP contribution in [0, 0.1) is 5.82 Å². The van der Waals surface area contributed by atoms with Gasteiger partial charge in [0.05, 0.1) is 17.9 Å². The Balaban J connectivity index is 1.48. The predicted octanol–water partition coefficient (Wildman–Crippen LogP) is 4.37. The topological polar surface area (TPSA) is 54.9 Å². The van der Waals surface area contributed by atoms with E-state index in [1.54, 1.807) is 18.2 Å². The monoisotopic (exact) mass is 357 g/mol. The lowest BCUT2D eigenvalue weighted by molar-refractivity contribution is 0.0950. The molecule has 0 aliphatic rings. The lowest BCUT2D eigenvalue weighted by Crippen LogP contribution is -2.23. The summed E-state index contributed by atoms with van der Waals surface area (Å²) < 4.78 is 13.1. The van der Waals surface area contributed by atoms with Crippen LogP contribution >= 0.6 is 0 Å². The Bertz CT molecular complexity index is 1110. The second-order valence-corrected chi connectivity index (χ2v) is 6.15. The van der Waals surface area contributed by atoms with Crippen LogP contribution in [0.5, 0.6) is 0 Å². The van der Waals surface area contributed by atoms with Crippen molar-refractivity contribution < 1.29 is 9.18 Å². The van der Waals surface area contributed by atoms with Crippen molar-refractivity contribution in [1.82, 2.24) is 15.3 Å². The lowest BCUT2D eigenvalue weighted by atomic mass is 10.1. The Hall–Kier alpha value is -3.60. The first kappa shape index (κ1) is 16.8. The van der Waals surface area contributed by atoms with Crippen molar-refractivity contribution in [3.8, 4) is 11.3 Å². The molecule has 0 aliphatic heterocycles. The van der Waals surface area contributed by atoms with Crippen LogP contribution in [0.4, 0.5) is 4.39 Å². The van der Waals surface area contributed by atoms with E-state index < -0.39 is 0 Å². The molecule has 4 nitrogen and oxygen atoms in total. The number of nitrogens with zero attached hydrogens (tertiary/aromatic N) is 2. The third kappa shape index (κ3) is 3.82. The molecule has 0 saturated carbocycles. The maximum atomic E-state index is 13.1. The quantitative estimate of drug-likeness (QED) is 0.590. The van der Waals surface area contributed by atoms with Crippen LogP contribution in [0.1, 0.15) is 16.1 Å². The molecule has 0 saturated heterocycles. The van der Waals surface area contributed by atoms with Gasteiger partial charge in [0.2, 0.25) is 0 Å². The van der Waals surface area contributed by atoms with Crippen molar-refractivity contribution in [3.05, 3.63) is 96.2 Å². The van der Waals surface area contributed by atoms with Crippen LogP contribution < -0.4 is 5.32 Å². The number of nitrogens with one attached hydrogen (secondary N) is 1. The van der Waals surface area contributed by atoms with E-state index in [4.69, 9.17) is 0 Å². The largest absolute Gasteiger partial charge is 0.346 e. The van der Waals surface area contributed by atoms with Crippen LogP contribution in [0.2, 0.25) is 0 Å². The Morgan fingerprint density at radius 3 is 2.48 bits per heavy atom. The summed E-state index contributed by atoms with van der Waals surface area (Å²) in [5, 5.41) is 4.99. The second-order valence-electron chi connectivity index (χ2n) is 6.15. The third-order valence-electron chi connectivity index (χ3n) is 4.31. The highest BCUT2D eigenvalue weighted by Crippen LogP contribution is 2.18. The minimum Gasteiger partial charge on any atom is -0.346 e. The average Bonchev–Trinajstić information content (AvgIpc) is 2.72. The van der Waals surface area contributed by atoms with E-state index >= 15 is 0 Å². The molecule has 0 aliphatic carbocycles. The minimum atomic E-state index is -0.296. The molecule has 132 valence electrons. The van der Waals surface area contributed by atoms with Crippen LogP contribution in [0.15, 0.2) is 79.1 Å². The van der Waals surface area contributed by atoms with Crippen molar-refractivity contribution >= 4 is 16.7 Å². The lowest BCUT2D eigenvalue weighted by Gasteiger charge is -2.07. The van der Waals surface area contributed by atoms with Gasteiger partial charge in [-0.05, 0) is 53.2 Å². The molecule has 0 unspecified atom stereocenters. The van der Waals surface area contributed by atoms with Crippen LogP contribution in [0.3, 0.4) is 0 Å². The van der Waals surface area contributed by atoms with Gasteiger partial charge in [-0.15, -0.1) is 0 Å². The normalized spacial score (nSPS) is 10.7. The van der Waals surface area contributed by atoms with Crippen molar-refractivity contribution in [2.75, 3.05) is 0 Å². The number of hydrogen-bond donors (Lipinski definition) is 1. The zero-order chi connectivity index (χ0) is 18.6. The highest BCUT2D eigenvalue weighted by atomic mass is 19.1. The molecule has 0 radical (unpaired) electrons. The molecule has 4 rings (SSSR count). The summed E-state index contributed by atoms with van der Waals surface area (Å²) in [6.45, 7) is 0.280. The number of amides is 1. The van der Waals surface area contributed by atoms with E-state index in [1.165, 1.54) is 18.5 Å². The van der Waals surface area contributed by atoms with E-state index in [-0.39, 0.29) is 18.3 Å². The standard InChI is InChI=1S/C22H16FN3O/c23-19-9-7-16(8-10-19)21-12-20(25-14-26-21)13-24-22(27)18-6-5-15-3-1-2-4-17(15)11-18/h1-12,14H,13H2,(H,24,27). The average molecular weight is 357 g/mol. The predicted molar refractivity (Wildman–Crippen MR) is 103 cm³/mol. The van der Waals surface area contributed by atoms with E-state index in [0.29, 0.717) is 17.0 Å². The summed E-state index contributed by atoms with van der Waals surface area (Å²) in [6.07, 6.45) is 1.44. The van der Waals surface area contributed by atoms with Gasteiger partial charge in [0, 0.05) is 11.1 Å². The van der Waals surface area contributed by atoms with Gasteiger partial charge in [-0.2, -0.15) is 0 Å². The van der Waals surface area contributed by atoms with Crippen molar-refractivity contribution in [2.24, 2.45) is 0 Å². The summed E-state index contributed by atoms with van der Waals surface area (Å²) in [5.41, 5.74) is 2.75.